The van der Waals surface area contributed by atoms with Gasteiger partial charge in [-0.1, -0.05) is 12.1 Å². The van der Waals surface area contributed by atoms with Crippen molar-refractivity contribution in [1.82, 2.24) is 23.8 Å². The summed E-state index contributed by atoms with van der Waals surface area (Å²) in [6.45, 7) is 6.71. The second kappa shape index (κ2) is 14.4. The van der Waals surface area contributed by atoms with Gasteiger partial charge in [-0.25, -0.2) is 37.0 Å². The number of urea groups is 2. The molecule has 0 spiro atoms. The zero-order chi connectivity index (χ0) is 44.3. The maximum absolute atomic E-state index is 13.0. The number of amides is 4. The number of aryl methyl sites for hydroxylation is 6. The number of benzene rings is 2. The highest BCUT2D eigenvalue weighted by Gasteiger charge is 2.48. The van der Waals surface area contributed by atoms with E-state index in [-0.39, 0.29) is 16.0 Å². The Morgan fingerprint density at radius 3 is 1.47 bits per heavy atom. The first kappa shape index (κ1) is 41.7. The number of nitrogens with zero attached hydrogens (tertiary/aromatic N) is 3. The molecule has 0 fully saturated rings. The van der Waals surface area contributed by atoms with Gasteiger partial charge in [0, 0.05) is 31.7 Å². The van der Waals surface area contributed by atoms with E-state index >= 15 is 0 Å². The maximum Gasteiger partial charge on any atom is 0.344 e. The van der Waals surface area contributed by atoms with Gasteiger partial charge in [-0.3, -0.25) is 4.68 Å². The third-order valence-electron chi connectivity index (χ3n) is 12.8. The fourth-order valence-electron chi connectivity index (χ4n) is 10.5. The summed E-state index contributed by atoms with van der Waals surface area (Å²) in [5.41, 5.74) is 9.57. The van der Waals surface area contributed by atoms with Crippen LogP contribution in [0.25, 0.3) is 0 Å². The van der Waals surface area contributed by atoms with Crippen molar-refractivity contribution < 1.29 is 45.5 Å². The number of sulfonamides is 2. The summed E-state index contributed by atoms with van der Waals surface area (Å²) in [7, 11) is -5.48. The van der Waals surface area contributed by atoms with E-state index in [1.807, 2.05) is 4.72 Å². The number of rotatable bonds is 6. The first-order valence-corrected chi connectivity index (χ1v) is 23.9. The molecule has 328 valence electrons. The van der Waals surface area contributed by atoms with Crippen LogP contribution < -0.4 is 20.1 Å². The van der Waals surface area contributed by atoms with Crippen molar-refractivity contribution in [2.24, 2.45) is 14.1 Å². The van der Waals surface area contributed by atoms with Gasteiger partial charge in [-0.2, -0.15) is 13.5 Å². The largest absolute Gasteiger partial charge is 0.450 e. The number of hydrogen-bond donors (Lipinski definition) is 4. The Kier molecular flexibility index (Phi) is 9.70. The number of cyclic esters (lactones) is 2. The predicted molar refractivity (Wildman–Crippen MR) is 225 cm³/mol. The van der Waals surface area contributed by atoms with E-state index < -0.39 is 60.3 Å². The highest BCUT2D eigenvalue weighted by atomic mass is 32.2. The molecule has 62 heavy (non-hydrogen) atoms. The van der Waals surface area contributed by atoms with Gasteiger partial charge in [-0.15, -0.1) is 0 Å². The average molecular weight is 888 g/mol. The van der Waals surface area contributed by atoms with Crippen LogP contribution >= 0.6 is 0 Å². The highest BCUT2D eigenvalue weighted by molar-refractivity contribution is 7.90. The van der Waals surface area contributed by atoms with E-state index in [9.17, 15) is 36.0 Å². The minimum absolute atomic E-state index is 0.0192. The molecule has 6 aliphatic rings. The normalized spacial score (nSPS) is 18.4. The molecule has 0 atom stereocenters. The van der Waals surface area contributed by atoms with Crippen LogP contribution in [0.3, 0.4) is 0 Å². The first-order valence-electron chi connectivity index (χ1n) is 20.9. The zero-order valence-electron chi connectivity index (χ0n) is 35.5. The van der Waals surface area contributed by atoms with Crippen molar-refractivity contribution in [2.75, 3.05) is 10.6 Å². The molecule has 0 saturated carbocycles. The number of aromatic nitrogens is 3. The van der Waals surface area contributed by atoms with E-state index in [1.54, 1.807) is 39.3 Å². The lowest BCUT2D eigenvalue weighted by atomic mass is 9.99. The minimum atomic E-state index is -4.39. The predicted octanol–water partition coefficient (Wildman–Crippen LogP) is 5.23. The lowest BCUT2D eigenvalue weighted by Gasteiger charge is -2.18. The molecular formula is C43H49N7O10S2. The van der Waals surface area contributed by atoms with Crippen LogP contribution in [0.15, 0.2) is 28.3 Å². The van der Waals surface area contributed by atoms with Crippen molar-refractivity contribution >= 4 is 55.4 Å². The zero-order valence-corrected chi connectivity index (χ0v) is 37.1. The fraction of sp³-hybridized carbons (Fsp3) is 0.465. The topological polar surface area (TPSA) is 226 Å². The van der Waals surface area contributed by atoms with Crippen molar-refractivity contribution in [3.8, 4) is 0 Å². The minimum Gasteiger partial charge on any atom is -0.450 e. The lowest BCUT2D eigenvalue weighted by Crippen LogP contribution is -2.36. The van der Waals surface area contributed by atoms with Gasteiger partial charge in [0.2, 0.25) is 5.03 Å². The number of ether oxygens (including phenoxy) is 2. The smallest absolute Gasteiger partial charge is 0.344 e. The fourth-order valence-corrected chi connectivity index (χ4v) is 12.7. The molecule has 17 nitrogen and oxygen atoms in total. The quantitative estimate of drug-likeness (QED) is 0.183. The molecule has 0 bridgehead atoms. The van der Waals surface area contributed by atoms with Crippen LogP contribution in [-0.2, 0) is 106 Å². The Morgan fingerprint density at radius 2 is 1.02 bits per heavy atom. The summed E-state index contributed by atoms with van der Waals surface area (Å²) in [6.07, 6.45) is 12.8. The molecule has 10 rings (SSSR count). The number of carbonyl (C=O) groups excluding carboxylic acids is 4. The van der Waals surface area contributed by atoms with Crippen LogP contribution in [0.1, 0.15) is 130 Å². The molecular weight excluding hydrogens is 839 g/mol. The molecule has 2 aromatic carbocycles. The van der Waals surface area contributed by atoms with Gasteiger partial charge in [0.25, 0.3) is 20.0 Å². The molecule has 0 saturated heterocycles. The van der Waals surface area contributed by atoms with E-state index in [2.05, 4.69) is 32.6 Å². The lowest BCUT2D eigenvalue weighted by molar-refractivity contribution is 0.00536. The van der Waals surface area contributed by atoms with Crippen molar-refractivity contribution in [3.63, 3.8) is 0 Å². The SMILES string of the molecule is Cn1cc(S(=O)(=O)NC(=O)Nc2c3c(cc4c2CCC4)CCC3)c2c1C(C)(C)OC2=O.Cn1nc(S(=O)(=O)NC(=O)Nc2c3c(cc4c2CCC4)CCC3)c2c1C(C)(C)OC2=O. The second-order valence-electron chi connectivity index (χ2n) is 17.9. The average Bonchev–Trinajstić information content (AvgIpc) is 4.02. The summed E-state index contributed by atoms with van der Waals surface area (Å²) >= 11 is 0. The van der Waals surface area contributed by atoms with Crippen molar-refractivity contribution in [1.29, 1.82) is 0 Å². The highest BCUT2D eigenvalue weighted by Crippen LogP contribution is 2.43. The van der Waals surface area contributed by atoms with Crippen LogP contribution in [0.2, 0.25) is 0 Å². The van der Waals surface area contributed by atoms with Gasteiger partial charge in [-0.05, 0) is 149 Å². The summed E-state index contributed by atoms with van der Waals surface area (Å²) in [6, 6.07) is 2.79. The Hall–Kier alpha value is -5.69. The molecule has 4 aliphatic carbocycles. The molecule has 0 radical (unpaired) electrons. The molecule has 19 heteroatoms. The summed E-state index contributed by atoms with van der Waals surface area (Å²) in [5, 5.41) is 9.12. The molecule has 4 N–H and O–H groups in total. The number of carbonyl (C=O) groups is 4. The summed E-state index contributed by atoms with van der Waals surface area (Å²) in [4.78, 5) is 50.0. The van der Waals surface area contributed by atoms with Gasteiger partial charge in [0.15, 0.2) is 0 Å². The third kappa shape index (κ3) is 6.83. The standard InChI is InChI=1S/C22H25N3O5S.C21H24N4O5S/c1-22(2)19-17(20(26)30-22)16(11-25(19)3)31(28,29)24-21(27)23-18-14-8-4-6-12(14)10-13-7-5-9-15(13)18;1-21(2)17-15(19(26)30-21)18(23-25(17)3)31(28,29)24-20(27)22-16-13-8-4-6-11(13)10-12-7-5-9-14(12)16/h10-11H,4-9H2,1-3H3,(H2,23,24,27);10H,4-9H2,1-3H3,(H2,22,24,27). The van der Waals surface area contributed by atoms with Crippen LogP contribution in [0, 0.1) is 0 Å². The Labute approximate surface area is 359 Å². The Bertz CT molecular complexity index is 2650. The molecule has 4 amide bonds. The number of nitrogens with one attached hydrogen (secondary N) is 4. The van der Waals surface area contributed by atoms with Gasteiger partial charge in [0.05, 0.1) is 11.4 Å². The Morgan fingerprint density at radius 1 is 0.613 bits per heavy atom. The monoisotopic (exact) mass is 887 g/mol. The number of fused-ring (bicyclic) bond motifs is 6. The van der Waals surface area contributed by atoms with Gasteiger partial charge in [0.1, 0.15) is 27.2 Å². The van der Waals surface area contributed by atoms with Crippen LogP contribution in [0.5, 0.6) is 0 Å². The van der Waals surface area contributed by atoms with Crippen molar-refractivity contribution in [2.45, 2.75) is 126 Å². The van der Waals surface area contributed by atoms with E-state index in [0.29, 0.717) is 11.4 Å². The van der Waals surface area contributed by atoms with E-state index in [0.717, 1.165) is 111 Å². The molecule has 2 aromatic heterocycles. The molecule has 2 aliphatic heterocycles. The Balaban J connectivity index is 0.000000158. The summed E-state index contributed by atoms with van der Waals surface area (Å²) < 4.78 is 69.6. The van der Waals surface area contributed by atoms with Gasteiger partial charge >= 0.3 is 24.0 Å². The van der Waals surface area contributed by atoms with Crippen LogP contribution in [-0.4, -0.2) is 55.2 Å². The van der Waals surface area contributed by atoms with E-state index in [4.69, 9.17) is 9.47 Å². The molecule has 4 aromatic rings. The number of esters is 2. The third-order valence-corrected chi connectivity index (χ3v) is 15.4. The van der Waals surface area contributed by atoms with E-state index in [1.165, 1.54) is 40.2 Å². The van der Waals surface area contributed by atoms with Crippen LogP contribution in [0.4, 0.5) is 21.0 Å². The second-order valence-corrected chi connectivity index (χ2v) is 21.1. The molecule has 0 unspecified atom stereocenters. The molecule has 4 heterocycles. The number of hydrogen-bond acceptors (Lipinski definition) is 11. The maximum atomic E-state index is 13.0. The van der Waals surface area contributed by atoms with Gasteiger partial charge < -0.3 is 24.7 Å². The summed E-state index contributed by atoms with van der Waals surface area (Å²) in [5.74, 6) is -1.48. The van der Waals surface area contributed by atoms with Crippen molar-refractivity contribution in [3.05, 3.63) is 85.4 Å². The first-order chi connectivity index (χ1) is 29.2. The number of anilines is 2.